The molecule has 1 rings (SSSR count). The molecule has 7 nitrogen and oxygen atoms in total. The smallest absolute Gasteiger partial charge is 0.246 e. The summed E-state index contributed by atoms with van der Waals surface area (Å²) in [7, 11) is -0.0573. The third-order valence-corrected chi connectivity index (χ3v) is 4.80. The number of sulfonamides is 1. The first-order valence-corrected chi connectivity index (χ1v) is 8.57. The molecule has 0 radical (unpaired) electrons. The average Bonchev–Trinajstić information content (AvgIpc) is 2.88. The fourth-order valence-corrected chi connectivity index (χ4v) is 2.85. The minimum absolute atomic E-state index is 0.0935. The van der Waals surface area contributed by atoms with Crippen molar-refractivity contribution in [1.29, 1.82) is 0 Å². The third-order valence-electron chi connectivity index (χ3n) is 2.99. The van der Waals surface area contributed by atoms with Crippen LogP contribution in [0.15, 0.2) is 17.3 Å². The fraction of sp³-hybridized carbons (Fsp3) is 0.769. The van der Waals surface area contributed by atoms with E-state index in [4.69, 9.17) is 4.74 Å². The summed E-state index contributed by atoms with van der Waals surface area (Å²) in [6, 6.07) is 0. The van der Waals surface area contributed by atoms with Gasteiger partial charge >= 0.3 is 0 Å². The van der Waals surface area contributed by atoms with Crippen LogP contribution in [0.4, 0.5) is 0 Å². The molecule has 21 heavy (non-hydrogen) atoms. The van der Waals surface area contributed by atoms with Crippen LogP contribution < -0.4 is 5.32 Å². The van der Waals surface area contributed by atoms with Crippen LogP contribution in [-0.4, -0.2) is 62.4 Å². The first-order valence-electron chi connectivity index (χ1n) is 7.13. The highest BCUT2D eigenvalue weighted by Crippen LogP contribution is 2.13. The van der Waals surface area contributed by atoms with Gasteiger partial charge in [0, 0.05) is 26.3 Å². The molecule has 1 heterocycles. The molecule has 0 atom stereocenters. The maximum absolute atomic E-state index is 12.4. The lowest BCUT2D eigenvalue weighted by Crippen LogP contribution is -2.30. The number of rotatable bonds is 10. The highest BCUT2D eigenvalue weighted by Gasteiger charge is 2.22. The molecule has 0 amide bonds. The molecule has 0 saturated heterocycles. The number of hydrogen-bond acceptors (Lipinski definition) is 5. The van der Waals surface area contributed by atoms with Crippen LogP contribution in [0.5, 0.6) is 0 Å². The first kappa shape index (κ1) is 18.1. The number of aryl methyl sites for hydroxylation is 1. The molecule has 122 valence electrons. The van der Waals surface area contributed by atoms with Crippen molar-refractivity contribution in [3.8, 4) is 0 Å². The predicted molar refractivity (Wildman–Crippen MR) is 81.7 cm³/mol. The van der Waals surface area contributed by atoms with Gasteiger partial charge in [0.1, 0.15) is 4.90 Å². The normalized spacial score (nSPS) is 12.5. The second kappa shape index (κ2) is 8.47. The molecular weight excluding hydrogens is 292 g/mol. The van der Waals surface area contributed by atoms with Crippen LogP contribution in [0.1, 0.15) is 20.3 Å². The number of hydrogen-bond donors (Lipinski definition) is 1. The molecule has 0 aliphatic carbocycles. The Morgan fingerprint density at radius 1 is 1.48 bits per heavy atom. The largest absolute Gasteiger partial charge is 0.377 e. The monoisotopic (exact) mass is 318 g/mol. The van der Waals surface area contributed by atoms with Gasteiger partial charge in [-0.15, -0.1) is 0 Å². The lowest BCUT2D eigenvalue weighted by atomic mass is 10.4. The quantitative estimate of drug-likeness (QED) is 0.637. The highest BCUT2D eigenvalue weighted by atomic mass is 32.2. The Morgan fingerprint density at radius 2 is 2.19 bits per heavy atom. The molecule has 0 aromatic carbocycles. The molecular formula is C13H26N4O3S. The van der Waals surface area contributed by atoms with Crippen LogP contribution in [0.25, 0.3) is 0 Å². The van der Waals surface area contributed by atoms with Gasteiger partial charge in [-0.25, -0.2) is 8.42 Å². The van der Waals surface area contributed by atoms with Gasteiger partial charge in [0.25, 0.3) is 0 Å². The molecule has 0 aliphatic heterocycles. The summed E-state index contributed by atoms with van der Waals surface area (Å²) in [5, 5.41) is 7.14. The molecule has 0 fully saturated rings. The van der Waals surface area contributed by atoms with Crippen molar-refractivity contribution in [2.75, 3.05) is 33.8 Å². The lowest BCUT2D eigenvalue weighted by Gasteiger charge is -2.16. The number of nitrogens with zero attached hydrogens (tertiary/aromatic N) is 3. The Bertz CT molecular complexity index is 513. The van der Waals surface area contributed by atoms with Crippen molar-refractivity contribution in [2.24, 2.45) is 0 Å². The number of likely N-dealkylation sites (N-methyl/N-ethyl adjacent to an activating group) is 1. The molecule has 1 aromatic heterocycles. The van der Waals surface area contributed by atoms with E-state index in [9.17, 15) is 8.42 Å². The van der Waals surface area contributed by atoms with Crippen molar-refractivity contribution in [3.63, 3.8) is 0 Å². The van der Waals surface area contributed by atoms with E-state index in [2.05, 4.69) is 10.4 Å². The molecule has 0 unspecified atom stereocenters. The fourth-order valence-electron chi connectivity index (χ4n) is 1.74. The summed E-state index contributed by atoms with van der Waals surface area (Å²) in [6.45, 7) is 6.10. The van der Waals surface area contributed by atoms with Crippen molar-refractivity contribution >= 4 is 10.0 Å². The van der Waals surface area contributed by atoms with Crippen molar-refractivity contribution in [1.82, 2.24) is 19.4 Å². The van der Waals surface area contributed by atoms with Crippen LogP contribution in [-0.2, 0) is 21.3 Å². The van der Waals surface area contributed by atoms with Gasteiger partial charge in [0.2, 0.25) is 10.0 Å². The maximum Gasteiger partial charge on any atom is 0.246 e. The van der Waals surface area contributed by atoms with Crippen LogP contribution >= 0.6 is 0 Å². The molecule has 0 saturated carbocycles. The summed E-state index contributed by atoms with van der Waals surface area (Å²) >= 11 is 0. The summed E-state index contributed by atoms with van der Waals surface area (Å²) in [4.78, 5) is 0.221. The topological polar surface area (TPSA) is 76.5 Å². The maximum atomic E-state index is 12.4. The zero-order chi connectivity index (χ0) is 15.9. The lowest BCUT2D eigenvalue weighted by molar-refractivity contribution is 0.0737. The van der Waals surface area contributed by atoms with Crippen LogP contribution in [0.2, 0.25) is 0 Å². The van der Waals surface area contributed by atoms with Crippen LogP contribution in [0, 0.1) is 0 Å². The van der Waals surface area contributed by atoms with Gasteiger partial charge in [-0.1, -0.05) is 0 Å². The minimum Gasteiger partial charge on any atom is -0.377 e. The molecule has 1 aromatic rings. The third kappa shape index (κ3) is 5.74. The SMILES string of the molecule is CNCCCn1cc(S(=O)(=O)N(C)CCOC(C)C)cn1. The zero-order valence-corrected chi connectivity index (χ0v) is 14.1. The Labute approximate surface area is 127 Å². The summed E-state index contributed by atoms with van der Waals surface area (Å²) in [5.74, 6) is 0. The van der Waals surface area contributed by atoms with E-state index in [0.29, 0.717) is 19.7 Å². The van der Waals surface area contributed by atoms with E-state index in [1.165, 1.54) is 10.5 Å². The second-order valence-corrected chi connectivity index (χ2v) is 7.19. The van der Waals surface area contributed by atoms with E-state index in [1.54, 1.807) is 17.9 Å². The van der Waals surface area contributed by atoms with Crippen molar-refractivity contribution < 1.29 is 13.2 Å². The summed E-state index contributed by atoms with van der Waals surface area (Å²) < 4.78 is 33.0. The standard InChI is InChI=1S/C13H26N4O3S/c1-12(2)20-9-8-16(4)21(18,19)13-10-15-17(11-13)7-5-6-14-3/h10-12,14H,5-9H2,1-4H3. The molecule has 1 N–H and O–H groups in total. The Balaban J connectivity index is 2.60. The summed E-state index contributed by atoms with van der Waals surface area (Å²) in [6.07, 6.45) is 3.96. The van der Waals surface area contributed by atoms with Gasteiger partial charge in [-0.2, -0.15) is 9.40 Å². The molecule has 8 heteroatoms. The van der Waals surface area contributed by atoms with E-state index < -0.39 is 10.0 Å². The second-order valence-electron chi connectivity index (χ2n) is 5.14. The Morgan fingerprint density at radius 3 is 2.81 bits per heavy atom. The average molecular weight is 318 g/mol. The predicted octanol–water partition coefficient (Wildman–Crippen LogP) is 0.538. The van der Waals surface area contributed by atoms with Crippen LogP contribution in [0.3, 0.4) is 0 Å². The Kier molecular flexibility index (Phi) is 7.30. The highest BCUT2D eigenvalue weighted by molar-refractivity contribution is 7.89. The Hall–Kier alpha value is -0.960. The summed E-state index contributed by atoms with van der Waals surface area (Å²) in [5.41, 5.74) is 0. The number of aromatic nitrogens is 2. The van der Waals surface area contributed by atoms with E-state index in [-0.39, 0.29) is 11.0 Å². The van der Waals surface area contributed by atoms with Crippen molar-refractivity contribution in [2.45, 2.75) is 37.8 Å². The van der Waals surface area contributed by atoms with Gasteiger partial charge in [0.15, 0.2) is 0 Å². The van der Waals surface area contributed by atoms with Gasteiger partial charge in [-0.05, 0) is 33.9 Å². The van der Waals surface area contributed by atoms with Gasteiger partial charge < -0.3 is 10.1 Å². The molecule has 0 aliphatic rings. The molecule has 0 bridgehead atoms. The number of ether oxygens (including phenoxy) is 1. The number of nitrogens with one attached hydrogen (secondary N) is 1. The van der Waals surface area contributed by atoms with Gasteiger partial charge in [0.05, 0.1) is 18.9 Å². The molecule has 0 spiro atoms. The zero-order valence-electron chi connectivity index (χ0n) is 13.2. The minimum atomic E-state index is -3.49. The van der Waals surface area contributed by atoms with Gasteiger partial charge in [-0.3, -0.25) is 4.68 Å². The van der Waals surface area contributed by atoms with E-state index >= 15 is 0 Å². The first-order chi connectivity index (χ1) is 9.87. The van der Waals surface area contributed by atoms with E-state index in [0.717, 1.165) is 13.0 Å². The van der Waals surface area contributed by atoms with Crippen molar-refractivity contribution in [3.05, 3.63) is 12.4 Å². The van der Waals surface area contributed by atoms with E-state index in [1.807, 2.05) is 20.9 Å².